The lowest BCUT2D eigenvalue weighted by atomic mass is 10.0. The van der Waals surface area contributed by atoms with Gasteiger partial charge in [-0.15, -0.1) is 0 Å². The summed E-state index contributed by atoms with van der Waals surface area (Å²) in [6, 6.07) is 1.23. The van der Waals surface area contributed by atoms with Crippen LogP contribution in [-0.2, 0) is 9.53 Å². The number of hydrogen-bond acceptors (Lipinski definition) is 4. The average molecular weight is 305 g/mol. The zero-order valence-corrected chi connectivity index (χ0v) is 13.0. The van der Waals surface area contributed by atoms with Crippen LogP contribution in [0.2, 0.25) is 0 Å². The van der Waals surface area contributed by atoms with Crippen molar-refractivity contribution >= 4 is 5.91 Å². The van der Waals surface area contributed by atoms with Crippen molar-refractivity contribution in [2.24, 2.45) is 5.92 Å². The number of aromatic nitrogens is 2. The van der Waals surface area contributed by atoms with Gasteiger partial charge in [0.2, 0.25) is 5.91 Å². The summed E-state index contributed by atoms with van der Waals surface area (Å²) in [5, 5.41) is 0. The Morgan fingerprint density at radius 2 is 2.23 bits per heavy atom. The molecular formula is C16H23N3O3. The highest BCUT2D eigenvalue weighted by atomic mass is 16.5. The number of H-pyrrole nitrogens is 1. The van der Waals surface area contributed by atoms with Gasteiger partial charge in [0.15, 0.2) is 0 Å². The fourth-order valence-corrected chi connectivity index (χ4v) is 3.50. The van der Waals surface area contributed by atoms with Crippen LogP contribution >= 0.6 is 0 Å². The predicted octanol–water partition coefficient (Wildman–Crippen LogP) is 1.56. The molecule has 2 aliphatic rings. The van der Waals surface area contributed by atoms with E-state index in [1.807, 2.05) is 4.90 Å². The molecule has 0 radical (unpaired) electrons. The lowest BCUT2D eigenvalue weighted by Crippen LogP contribution is -2.44. The molecule has 2 fully saturated rings. The fourth-order valence-electron chi connectivity index (χ4n) is 3.50. The van der Waals surface area contributed by atoms with Crippen LogP contribution < -0.4 is 5.56 Å². The Morgan fingerprint density at radius 1 is 1.45 bits per heavy atom. The number of nitrogens with one attached hydrogen (secondary N) is 1. The molecule has 22 heavy (non-hydrogen) atoms. The van der Waals surface area contributed by atoms with E-state index in [0.29, 0.717) is 43.6 Å². The quantitative estimate of drug-likeness (QED) is 0.919. The maximum absolute atomic E-state index is 12.7. The van der Waals surface area contributed by atoms with E-state index in [0.717, 1.165) is 12.8 Å². The molecule has 6 heteroatoms. The number of carbonyl (C=O) groups excluding carboxylic acids is 1. The summed E-state index contributed by atoms with van der Waals surface area (Å²) in [4.78, 5) is 33.2. The van der Waals surface area contributed by atoms with Gasteiger partial charge in [0, 0.05) is 19.0 Å². The largest absolute Gasteiger partial charge is 0.377 e. The lowest BCUT2D eigenvalue weighted by molar-refractivity contribution is -0.141. The van der Waals surface area contributed by atoms with Crippen molar-refractivity contribution < 1.29 is 9.53 Å². The van der Waals surface area contributed by atoms with Crippen LogP contribution in [0.25, 0.3) is 0 Å². The number of morpholine rings is 1. The minimum absolute atomic E-state index is 0.167. The van der Waals surface area contributed by atoms with Crippen LogP contribution in [0.1, 0.15) is 49.7 Å². The van der Waals surface area contributed by atoms with Crippen LogP contribution in [0, 0.1) is 12.8 Å². The van der Waals surface area contributed by atoms with Crippen molar-refractivity contribution in [2.75, 3.05) is 19.8 Å². The first-order chi connectivity index (χ1) is 10.6. The SMILES string of the molecule is Cc1nc([C@H]2COCCN2C(=O)CC2CCCC2)cc(=O)[nH]1. The molecule has 120 valence electrons. The maximum Gasteiger partial charge on any atom is 0.251 e. The van der Waals surface area contributed by atoms with Gasteiger partial charge in [-0.25, -0.2) is 4.98 Å². The minimum atomic E-state index is -0.247. The van der Waals surface area contributed by atoms with Gasteiger partial charge in [0.1, 0.15) is 5.82 Å². The highest BCUT2D eigenvalue weighted by molar-refractivity contribution is 5.77. The maximum atomic E-state index is 12.7. The van der Waals surface area contributed by atoms with Crippen molar-refractivity contribution in [1.29, 1.82) is 0 Å². The summed E-state index contributed by atoms with van der Waals surface area (Å²) in [6.07, 6.45) is 5.39. The van der Waals surface area contributed by atoms with Gasteiger partial charge < -0.3 is 14.6 Å². The highest BCUT2D eigenvalue weighted by Gasteiger charge is 2.31. The van der Waals surface area contributed by atoms with E-state index in [4.69, 9.17) is 4.74 Å². The Kier molecular flexibility index (Phi) is 4.57. The summed E-state index contributed by atoms with van der Waals surface area (Å²) in [5.74, 6) is 1.25. The molecule has 2 heterocycles. The third-order valence-corrected chi connectivity index (χ3v) is 4.61. The molecule has 1 atom stereocenters. The molecule has 0 unspecified atom stereocenters. The van der Waals surface area contributed by atoms with E-state index in [9.17, 15) is 9.59 Å². The number of carbonyl (C=O) groups is 1. The molecular weight excluding hydrogens is 282 g/mol. The number of rotatable bonds is 3. The molecule has 1 amide bonds. The molecule has 1 saturated carbocycles. The molecule has 1 aromatic heterocycles. The number of ether oxygens (including phenoxy) is 1. The fraction of sp³-hybridized carbons (Fsp3) is 0.688. The predicted molar refractivity (Wildman–Crippen MR) is 81.4 cm³/mol. The topological polar surface area (TPSA) is 75.3 Å². The van der Waals surface area contributed by atoms with E-state index >= 15 is 0 Å². The monoisotopic (exact) mass is 305 g/mol. The molecule has 1 saturated heterocycles. The summed E-state index contributed by atoms with van der Waals surface area (Å²) in [7, 11) is 0. The second-order valence-corrected chi connectivity index (χ2v) is 6.29. The second-order valence-electron chi connectivity index (χ2n) is 6.29. The van der Waals surface area contributed by atoms with Gasteiger partial charge >= 0.3 is 0 Å². The minimum Gasteiger partial charge on any atom is -0.377 e. The van der Waals surface area contributed by atoms with Crippen LogP contribution in [0.5, 0.6) is 0 Å². The Labute approximate surface area is 129 Å². The van der Waals surface area contributed by atoms with Crippen molar-refractivity contribution in [1.82, 2.24) is 14.9 Å². The van der Waals surface area contributed by atoms with Crippen molar-refractivity contribution in [3.63, 3.8) is 0 Å². The third-order valence-electron chi connectivity index (χ3n) is 4.61. The number of aromatic amines is 1. The Bertz CT molecular complexity index is 593. The third kappa shape index (κ3) is 3.38. The van der Waals surface area contributed by atoms with Gasteiger partial charge in [-0.2, -0.15) is 0 Å². The van der Waals surface area contributed by atoms with Gasteiger partial charge in [-0.1, -0.05) is 12.8 Å². The number of hydrogen-bond donors (Lipinski definition) is 1. The smallest absolute Gasteiger partial charge is 0.251 e. The lowest BCUT2D eigenvalue weighted by Gasteiger charge is -2.35. The average Bonchev–Trinajstić information content (AvgIpc) is 2.99. The van der Waals surface area contributed by atoms with E-state index in [1.54, 1.807) is 6.92 Å². The summed E-state index contributed by atoms with van der Waals surface area (Å²) < 4.78 is 5.52. The number of aryl methyl sites for hydroxylation is 1. The van der Waals surface area contributed by atoms with E-state index < -0.39 is 0 Å². The van der Waals surface area contributed by atoms with Crippen molar-refractivity contribution in [3.8, 4) is 0 Å². The van der Waals surface area contributed by atoms with Gasteiger partial charge in [0.05, 0.1) is 24.9 Å². The Balaban J connectivity index is 1.78. The molecule has 6 nitrogen and oxygen atoms in total. The van der Waals surface area contributed by atoms with Crippen molar-refractivity contribution in [3.05, 3.63) is 27.9 Å². The van der Waals surface area contributed by atoms with Crippen LogP contribution in [0.4, 0.5) is 0 Å². The highest BCUT2D eigenvalue weighted by Crippen LogP contribution is 2.30. The molecule has 1 aromatic rings. The van der Waals surface area contributed by atoms with Crippen LogP contribution in [0.3, 0.4) is 0 Å². The van der Waals surface area contributed by atoms with E-state index in [-0.39, 0.29) is 17.5 Å². The molecule has 1 aliphatic heterocycles. The summed E-state index contributed by atoms with van der Waals surface area (Å²) >= 11 is 0. The molecule has 0 aromatic carbocycles. The van der Waals surface area contributed by atoms with Crippen LogP contribution in [0.15, 0.2) is 10.9 Å². The number of amides is 1. The van der Waals surface area contributed by atoms with Crippen LogP contribution in [-0.4, -0.2) is 40.5 Å². The van der Waals surface area contributed by atoms with Crippen molar-refractivity contribution in [2.45, 2.75) is 45.1 Å². The molecule has 1 aliphatic carbocycles. The zero-order valence-electron chi connectivity index (χ0n) is 13.0. The van der Waals surface area contributed by atoms with Gasteiger partial charge in [-0.3, -0.25) is 9.59 Å². The first kappa shape index (κ1) is 15.2. The van der Waals surface area contributed by atoms with E-state index in [2.05, 4.69) is 9.97 Å². The van der Waals surface area contributed by atoms with E-state index in [1.165, 1.54) is 18.9 Å². The molecule has 0 bridgehead atoms. The molecule has 0 spiro atoms. The summed E-state index contributed by atoms with van der Waals surface area (Å²) in [6.45, 7) is 3.28. The van der Waals surface area contributed by atoms with Gasteiger partial charge in [-0.05, 0) is 25.7 Å². The molecule has 3 rings (SSSR count). The zero-order chi connectivity index (χ0) is 15.5. The Morgan fingerprint density at radius 3 is 2.95 bits per heavy atom. The normalized spacial score (nSPS) is 23.0. The first-order valence-electron chi connectivity index (χ1n) is 8.08. The number of nitrogens with zero attached hydrogens (tertiary/aromatic N) is 2. The second kappa shape index (κ2) is 6.60. The first-order valence-corrected chi connectivity index (χ1v) is 8.08. The standard InChI is InChI=1S/C16H23N3O3/c1-11-17-13(9-15(20)18-11)14-10-22-7-6-19(14)16(21)8-12-4-2-3-5-12/h9,12,14H,2-8,10H2,1H3,(H,17,18,20)/t14-/m1/s1. The van der Waals surface area contributed by atoms with Gasteiger partial charge in [0.25, 0.3) is 5.56 Å². The summed E-state index contributed by atoms with van der Waals surface area (Å²) in [5.41, 5.74) is 0.442. The Hall–Kier alpha value is -1.69. The molecule has 1 N–H and O–H groups in total.